The van der Waals surface area contributed by atoms with Crippen molar-refractivity contribution < 1.29 is 4.79 Å². The number of amides is 1. The molecular weight excluding hydrogens is 340 g/mol. The van der Waals surface area contributed by atoms with Crippen LogP contribution in [-0.2, 0) is 4.79 Å². The Morgan fingerprint density at radius 2 is 1.82 bits per heavy atom. The van der Waals surface area contributed by atoms with Gasteiger partial charge in [-0.1, -0.05) is 46.3 Å². The molecule has 2 aromatic carbocycles. The predicted octanol–water partition coefficient (Wildman–Crippen LogP) is 4.52. The molecule has 0 fully saturated rings. The van der Waals surface area contributed by atoms with Gasteiger partial charge in [-0.25, -0.2) is 0 Å². The monoisotopic (exact) mass is 360 g/mol. The summed E-state index contributed by atoms with van der Waals surface area (Å²) in [6.07, 6.45) is 0.438. The minimum Gasteiger partial charge on any atom is -0.326 e. The summed E-state index contributed by atoms with van der Waals surface area (Å²) in [5.74, 6) is 0.0210. The lowest BCUT2D eigenvalue weighted by molar-refractivity contribution is -0.116. The normalized spacial score (nSPS) is 13.4. The number of anilines is 1. The van der Waals surface area contributed by atoms with Gasteiger partial charge in [-0.15, -0.1) is 0 Å². The number of rotatable bonds is 6. The largest absolute Gasteiger partial charge is 0.326 e. The number of hydrogen-bond acceptors (Lipinski definition) is 2. The zero-order valence-corrected chi connectivity index (χ0v) is 14.4. The van der Waals surface area contributed by atoms with E-state index in [1.165, 1.54) is 5.56 Å². The molecule has 0 aliphatic rings. The van der Waals surface area contributed by atoms with Crippen molar-refractivity contribution in [2.45, 2.75) is 32.4 Å². The molecule has 0 spiro atoms. The van der Waals surface area contributed by atoms with Gasteiger partial charge in [-0.3, -0.25) is 4.79 Å². The highest BCUT2D eigenvalue weighted by atomic mass is 79.9. The van der Waals surface area contributed by atoms with Crippen LogP contribution >= 0.6 is 15.9 Å². The van der Waals surface area contributed by atoms with Gasteiger partial charge in [0, 0.05) is 28.7 Å². The minimum atomic E-state index is 0.0210. The Morgan fingerprint density at radius 1 is 1.09 bits per heavy atom. The van der Waals surface area contributed by atoms with Gasteiger partial charge in [-0.2, -0.15) is 0 Å². The standard InChI is InChI=1S/C18H21BrN2O/c1-13(11-18(22)21-17-9-4-3-5-10-17)20-14(2)15-7-6-8-16(19)12-15/h3-10,12-14,20H,11H2,1-2H3,(H,21,22). The Balaban J connectivity index is 1.84. The van der Waals surface area contributed by atoms with Gasteiger partial charge < -0.3 is 10.6 Å². The van der Waals surface area contributed by atoms with Crippen LogP contribution in [0.5, 0.6) is 0 Å². The smallest absolute Gasteiger partial charge is 0.225 e. The highest BCUT2D eigenvalue weighted by molar-refractivity contribution is 9.10. The fraction of sp³-hybridized carbons (Fsp3) is 0.278. The third-order valence-electron chi connectivity index (χ3n) is 3.43. The number of benzene rings is 2. The molecule has 2 unspecified atom stereocenters. The van der Waals surface area contributed by atoms with Crippen molar-refractivity contribution in [1.29, 1.82) is 0 Å². The molecular formula is C18H21BrN2O. The van der Waals surface area contributed by atoms with E-state index in [1.807, 2.05) is 49.4 Å². The van der Waals surface area contributed by atoms with Crippen LogP contribution in [0, 0.1) is 0 Å². The van der Waals surface area contributed by atoms with Crippen molar-refractivity contribution in [3.8, 4) is 0 Å². The molecule has 2 aromatic rings. The number of hydrogen-bond donors (Lipinski definition) is 2. The Hall–Kier alpha value is -1.65. The first kappa shape index (κ1) is 16.7. The van der Waals surface area contributed by atoms with Crippen molar-refractivity contribution in [3.63, 3.8) is 0 Å². The Morgan fingerprint density at radius 3 is 2.50 bits per heavy atom. The SMILES string of the molecule is CC(CC(=O)Nc1ccccc1)NC(C)c1cccc(Br)c1. The van der Waals surface area contributed by atoms with E-state index >= 15 is 0 Å². The third kappa shape index (κ3) is 5.28. The Bertz CT molecular complexity index is 615. The second-order valence-electron chi connectivity index (χ2n) is 5.46. The zero-order chi connectivity index (χ0) is 15.9. The maximum atomic E-state index is 12.0. The molecule has 0 radical (unpaired) electrons. The van der Waals surface area contributed by atoms with E-state index in [9.17, 15) is 4.79 Å². The Labute approximate surface area is 140 Å². The van der Waals surface area contributed by atoms with Gasteiger partial charge in [0.15, 0.2) is 0 Å². The van der Waals surface area contributed by atoms with E-state index in [0.717, 1.165) is 10.2 Å². The fourth-order valence-electron chi connectivity index (χ4n) is 2.37. The van der Waals surface area contributed by atoms with E-state index in [4.69, 9.17) is 0 Å². The van der Waals surface area contributed by atoms with Crippen molar-refractivity contribution in [1.82, 2.24) is 5.32 Å². The topological polar surface area (TPSA) is 41.1 Å². The lowest BCUT2D eigenvalue weighted by atomic mass is 10.1. The maximum absolute atomic E-state index is 12.0. The van der Waals surface area contributed by atoms with E-state index in [-0.39, 0.29) is 18.0 Å². The summed E-state index contributed by atoms with van der Waals surface area (Å²) in [4.78, 5) is 12.0. The molecule has 0 saturated heterocycles. The first-order valence-electron chi connectivity index (χ1n) is 7.41. The van der Waals surface area contributed by atoms with E-state index in [0.29, 0.717) is 6.42 Å². The maximum Gasteiger partial charge on any atom is 0.225 e. The van der Waals surface area contributed by atoms with Gasteiger partial charge in [0.25, 0.3) is 0 Å². The highest BCUT2D eigenvalue weighted by Gasteiger charge is 2.13. The molecule has 3 nitrogen and oxygen atoms in total. The van der Waals surface area contributed by atoms with Crippen LogP contribution in [0.2, 0.25) is 0 Å². The van der Waals surface area contributed by atoms with Gasteiger partial charge in [0.1, 0.15) is 0 Å². The summed E-state index contributed by atoms with van der Waals surface area (Å²) >= 11 is 3.48. The van der Waals surface area contributed by atoms with Crippen LogP contribution in [0.15, 0.2) is 59.1 Å². The number of carbonyl (C=O) groups is 1. The summed E-state index contributed by atoms with van der Waals surface area (Å²) in [6, 6.07) is 18.0. The van der Waals surface area contributed by atoms with Crippen LogP contribution in [0.25, 0.3) is 0 Å². The average Bonchev–Trinajstić information content (AvgIpc) is 2.47. The van der Waals surface area contributed by atoms with Crippen LogP contribution in [0.1, 0.15) is 31.9 Å². The predicted molar refractivity (Wildman–Crippen MR) is 94.8 cm³/mol. The van der Waals surface area contributed by atoms with E-state index in [1.54, 1.807) is 0 Å². The average molecular weight is 361 g/mol. The molecule has 1 amide bonds. The molecule has 0 aromatic heterocycles. The van der Waals surface area contributed by atoms with Crippen LogP contribution < -0.4 is 10.6 Å². The first-order chi connectivity index (χ1) is 10.5. The van der Waals surface area contributed by atoms with Crippen molar-refractivity contribution >= 4 is 27.5 Å². The molecule has 2 rings (SSSR count). The molecule has 0 heterocycles. The second kappa shape index (κ2) is 8.11. The molecule has 0 saturated carbocycles. The highest BCUT2D eigenvalue weighted by Crippen LogP contribution is 2.18. The minimum absolute atomic E-state index is 0.0210. The number of carbonyl (C=O) groups excluding carboxylic acids is 1. The van der Waals surface area contributed by atoms with Crippen molar-refractivity contribution in [2.24, 2.45) is 0 Å². The summed E-state index contributed by atoms with van der Waals surface area (Å²) < 4.78 is 1.06. The lowest BCUT2D eigenvalue weighted by Gasteiger charge is -2.20. The quantitative estimate of drug-likeness (QED) is 0.795. The van der Waals surface area contributed by atoms with Gasteiger partial charge in [0.2, 0.25) is 5.91 Å². The van der Waals surface area contributed by atoms with Gasteiger partial charge in [0.05, 0.1) is 0 Å². The molecule has 2 atom stereocenters. The van der Waals surface area contributed by atoms with Gasteiger partial charge in [-0.05, 0) is 43.7 Å². The number of halogens is 1. The van der Waals surface area contributed by atoms with E-state index < -0.39 is 0 Å². The molecule has 0 aliphatic heterocycles. The molecule has 0 aliphatic carbocycles. The van der Waals surface area contributed by atoms with Crippen LogP contribution in [0.4, 0.5) is 5.69 Å². The molecule has 116 valence electrons. The van der Waals surface area contributed by atoms with Gasteiger partial charge >= 0.3 is 0 Å². The number of nitrogens with one attached hydrogen (secondary N) is 2. The number of para-hydroxylation sites is 1. The van der Waals surface area contributed by atoms with E-state index in [2.05, 4.69) is 45.6 Å². The third-order valence-corrected chi connectivity index (χ3v) is 3.93. The molecule has 0 bridgehead atoms. The summed E-state index contributed by atoms with van der Waals surface area (Å²) in [7, 11) is 0. The summed E-state index contributed by atoms with van der Waals surface area (Å²) in [5.41, 5.74) is 2.03. The molecule has 2 N–H and O–H groups in total. The van der Waals surface area contributed by atoms with Crippen molar-refractivity contribution in [3.05, 3.63) is 64.6 Å². The second-order valence-corrected chi connectivity index (χ2v) is 6.38. The van der Waals surface area contributed by atoms with Crippen molar-refractivity contribution in [2.75, 3.05) is 5.32 Å². The first-order valence-corrected chi connectivity index (χ1v) is 8.20. The molecule has 4 heteroatoms. The summed E-state index contributed by atoms with van der Waals surface area (Å²) in [5, 5.41) is 6.37. The summed E-state index contributed by atoms with van der Waals surface area (Å²) in [6.45, 7) is 4.13. The lowest BCUT2D eigenvalue weighted by Crippen LogP contribution is -2.32. The Kier molecular flexibility index (Phi) is 6.16. The molecule has 22 heavy (non-hydrogen) atoms. The zero-order valence-electron chi connectivity index (χ0n) is 12.8. The van der Waals surface area contributed by atoms with Crippen LogP contribution in [0.3, 0.4) is 0 Å². The van der Waals surface area contributed by atoms with Crippen LogP contribution in [-0.4, -0.2) is 11.9 Å². The fourth-order valence-corrected chi connectivity index (χ4v) is 2.79.